The molecule has 1 fully saturated rings. The fourth-order valence-corrected chi connectivity index (χ4v) is 2.47. The van der Waals surface area contributed by atoms with E-state index >= 15 is 0 Å². The first-order valence-electron chi connectivity index (χ1n) is 4.62. The first-order chi connectivity index (χ1) is 6.50. The number of ether oxygens (including phenoxy) is 1. The Hall–Kier alpha value is -0.900. The third-order valence-electron chi connectivity index (χ3n) is 2.57. The minimum absolute atomic E-state index is 0.0787. The van der Waals surface area contributed by atoms with Crippen molar-refractivity contribution in [3.05, 3.63) is 16.1 Å². The van der Waals surface area contributed by atoms with Crippen LogP contribution >= 0.6 is 11.3 Å². The molecule has 0 aliphatic carbocycles. The number of esters is 1. The van der Waals surface area contributed by atoms with Gasteiger partial charge in [0.05, 0.1) is 21.5 Å². The molecule has 2 rings (SSSR count). The molecule has 2 heterocycles. The lowest BCUT2D eigenvalue weighted by molar-refractivity contribution is -0.147. The lowest BCUT2D eigenvalue weighted by Crippen LogP contribution is -2.16. The fraction of sp³-hybridized carbons (Fsp3) is 0.600. The van der Waals surface area contributed by atoms with Crippen LogP contribution in [0.4, 0.5) is 0 Å². The van der Waals surface area contributed by atoms with Crippen molar-refractivity contribution >= 4 is 17.3 Å². The molecule has 1 aromatic heterocycles. The van der Waals surface area contributed by atoms with Crippen LogP contribution in [0, 0.1) is 12.3 Å². The van der Waals surface area contributed by atoms with Gasteiger partial charge in [0.25, 0.3) is 0 Å². The Morgan fingerprint density at radius 2 is 2.36 bits per heavy atom. The van der Waals surface area contributed by atoms with Gasteiger partial charge in [-0.25, -0.2) is 4.98 Å². The van der Waals surface area contributed by atoms with E-state index in [0.29, 0.717) is 0 Å². The van der Waals surface area contributed by atoms with E-state index in [-0.39, 0.29) is 17.5 Å². The van der Waals surface area contributed by atoms with E-state index in [9.17, 15) is 4.79 Å². The second kappa shape index (κ2) is 3.05. The molecular formula is C10H13NO2S. The van der Waals surface area contributed by atoms with Crippen molar-refractivity contribution in [2.45, 2.75) is 33.3 Å². The predicted octanol–water partition coefficient (Wildman–Crippen LogP) is 2.47. The standard InChI is InChI=1S/C10H13NO2S/c1-6-8(14-5-11-6)7-4-10(2,3)9(12)13-7/h5,7H,4H2,1-3H3/t7-/m0/s1. The average molecular weight is 211 g/mol. The van der Waals surface area contributed by atoms with Crippen LogP contribution in [0.1, 0.15) is 36.9 Å². The highest BCUT2D eigenvalue weighted by Crippen LogP contribution is 2.43. The summed E-state index contributed by atoms with van der Waals surface area (Å²) in [6.45, 7) is 5.79. The van der Waals surface area contributed by atoms with Crippen LogP contribution in [0.15, 0.2) is 5.51 Å². The highest BCUT2D eigenvalue weighted by atomic mass is 32.1. The Morgan fingerprint density at radius 3 is 2.79 bits per heavy atom. The lowest BCUT2D eigenvalue weighted by atomic mass is 9.89. The topological polar surface area (TPSA) is 39.2 Å². The molecule has 76 valence electrons. The summed E-state index contributed by atoms with van der Waals surface area (Å²) in [5, 5.41) is 0. The number of aryl methyl sites for hydroxylation is 1. The van der Waals surface area contributed by atoms with E-state index in [0.717, 1.165) is 17.0 Å². The molecule has 0 N–H and O–H groups in total. The molecule has 0 saturated carbocycles. The number of carbonyl (C=O) groups excluding carboxylic acids is 1. The second-order valence-corrected chi connectivity index (χ2v) is 5.17. The van der Waals surface area contributed by atoms with Gasteiger partial charge in [-0.05, 0) is 20.8 Å². The van der Waals surface area contributed by atoms with E-state index in [4.69, 9.17) is 4.74 Å². The third kappa shape index (κ3) is 1.43. The van der Waals surface area contributed by atoms with E-state index in [2.05, 4.69) is 4.98 Å². The number of nitrogens with zero attached hydrogens (tertiary/aromatic N) is 1. The molecular weight excluding hydrogens is 198 g/mol. The Balaban J connectivity index is 2.25. The number of thiazole rings is 1. The van der Waals surface area contributed by atoms with Crippen LogP contribution in [-0.4, -0.2) is 11.0 Å². The number of hydrogen-bond donors (Lipinski definition) is 0. The van der Waals surface area contributed by atoms with Crippen molar-refractivity contribution in [3.8, 4) is 0 Å². The molecule has 4 heteroatoms. The van der Waals surface area contributed by atoms with Gasteiger partial charge < -0.3 is 4.74 Å². The van der Waals surface area contributed by atoms with Crippen molar-refractivity contribution < 1.29 is 9.53 Å². The molecule has 1 aliphatic heterocycles. The minimum atomic E-state index is -0.346. The van der Waals surface area contributed by atoms with Crippen molar-refractivity contribution in [1.29, 1.82) is 0 Å². The summed E-state index contributed by atoms with van der Waals surface area (Å²) >= 11 is 1.56. The Bertz CT molecular complexity index is 370. The van der Waals surface area contributed by atoms with Gasteiger partial charge in [-0.1, -0.05) is 0 Å². The molecule has 14 heavy (non-hydrogen) atoms. The summed E-state index contributed by atoms with van der Waals surface area (Å²) in [5.41, 5.74) is 2.43. The van der Waals surface area contributed by atoms with Crippen LogP contribution in [0.2, 0.25) is 0 Å². The molecule has 1 aliphatic rings. The smallest absolute Gasteiger partial charge is 0.312 e. The lowest BCUT2D eigenvalue weighted by Gasteiger charge is -2.09. The minimum Gasteiger partial charge on any atom is -0.456 e. The Morgan fingerprint density at radius 1 is 1.64 bits per heavy atom. The third-order valence-corrected chi connectivity index (χ3v) is 3.60. The van der Waals surface area contributed by atoms with Gasteiger partial charge in [0, 0.05) is 6.42 Å². The summed E-state index contributed by atoms with van der Waals surface area (Å²) in [5.74, 6) is -0.102. The second-order valence-electron chi connectivity index (χ2n) is 4.28. The average Bonchev–Trinajstić information content (AvgIpc) is 2.58. The van der Waals surface area contributed by atoms with E-state index in [1.807, 2.05) is 20.8 Å². The first-order valence-corrected chi connectivity index (χ1v) is 5.50. The maximum absolute atomic E-state index is 11.5. The largest absolute Gasteiger partial charge is 0.456 e. The van der Waals surface area contributed by atoms with Crippen molar-refractivity contribution in [2.75, 3.05) is 0 Å². The van der Waals surface area contributed by atoms with E-state index < -0.39 is 0 Å². The normalized spacial score (nSPS) is 25.1. The van der Waals surface area contributed by atoms with Crippen LogP contribution < -0.4 is 0 Å². The van der Waals surface area contributed by atoms with Gasteiger partial charge in [-0.15, -0.1) is 11.3 Å². The zero-order valence-electron chi connectivity index (χ0n) is 8.53. The van der Waals surface area contributed by atoms with E-state index in [1.165, 1.54) is 0 Å². The quantitative estimate of drug-likeness (QED) is 0.670. The van der Waals surface area contributed by atoms with Crippen LogP contribution in [0.25, 0.3) is 0 Å². The molecule has 1 aromatic rings. The molecule has 0 amide bonds. The Kier molecular flexibility index (Phi) is 2.10. The maximum atomic E-state index is 11.5. The summed E-state index contributed by atoms with van der Waals surface area (Å²) in [7, 11) is 0. The maximum Gasteiger partial charge on any atom is 0.312 e. The molecule has 0 radical (unpaired) electrons. The van der Waals surface area contributed by atoms with Gasteiger partial charge in [0.15, 0.2) is 0 Å². The van der Waals surface area contributed by atoms with Gasteiger partial charge in [0.1, 0.15) is 6.10 Å². The monoisotopic (exact) mass is 211 g/mol. The van der Waals surface area contributed by atoms with Gasteiger partial charge >= 0.3 is 5.97 Å². The highest BCUT2D eigenvalue weighted by Gasteiger charge is 2.43. The molecule has 1 atom stereocenters. The molecule has 0 spiro atoms. The molecule has 0 bridgehead atoms. The Labute approximate surface area is 87.1 Å². The highest BCUT2D eigenvalue weighted by molar-refractivity contribution is 7.09. The number of cyclic esters (lactones) is 1. The van der Waals surface area contributed by atoms with E-state index in [1.54, 1.807) is 16.8 Å². The van der Waals surface area contributed by atoms with Gasteiger partial charge in [-0.2, -0.15) is 0 Å². The summed E-state index contributed by atoms with van der Waals surface area (Å²) < 4.78 is 5.33. The SMILES string of the molecule is Cc1ncsc1[C@@H]1CC(C)(C)C(=O)O1. The molecule has 3 nitrogen and oxygen atoms in total. The fourth-order valence-electron chi connectivity index (χ4n) is 1.64. The summed E-state index contributed by atoms with van der Waals surface area (Å²) in [4.78, 5) is 16.7. The van der Waals surface area contributed by atoms with Crippen molar-refractivity contribution in [2.24, 2.45) is 5.41 Å². The number of aromatic nitrogens is 1. The van der Waals surface area contributed by atoms with Crippen molar-refractivity contribution in [3.63, 3.8) is 0 Å². The van der Waals surface area contributed by atoms with Gasteiger partial charge in [0.2, 0.25) is 0 Å². The zero-order valence-corrected chi connectivity index (χ0v) is 9.35. The first kappa shape index (κ1) is 9.65. The summed E-state index contributed by atoms with van der Waals surface area (Å²) in [6.07, 6.45) is 0.680. The van der Waals surface area contributed by atoms with Gasteiger partial charge in [-0.3, -0.25) is 4.79 Å². The summed E-state index contributed by atoms with van der Waals surface area (Å²) in [6, 6.07) is 0. The molecule has 0 unspecified atom stereocenters. The molecule has 0 aromatic carbocycles. The van der Waals surface area contributed by atoms with Crippen LogP contribution in [0.3, 0.4) is 0 Å². The van der Waals surface area contributed by atoms with Crippen molar-refractivity contribution in [1.82, 2.24) is 4.98 Å². The number of carbonyl (C=O) groups is 1. The van der Waals surface area contributed by atoms with Crippen LogP contribution in [0.5, 0.6) is 0 Å². The number of rotatable bonds is 1. The van der Waals surface area contributed by atoms with Crippen LogP contribution in [-0.2, 0) is 9.53 Å². The predicted molar refractivity (Wildman–Crippen MR) is 54.1 cm³/mol. The number of hydrogen-bond acceptors (Lipinski definition) is 4. The zero-order chi connectivity index (χ0) is 10.3. The molecule has 1 saturated heterocycles.